The molecule has 0 saturated carbocycles. The van der Waals surface area contributed by atoms with Gasteiger partial charge in [0.1, 0.15) is 34.5 Å². The Labute approximate surface area is 231 Å². The first-order valence-corrected chi connectivity index (χ1v) is 12.3. The fraction of sp³-hybridized carbons (Fsp3) is 0.188. The van der Waals surface area contributed by atoms with Crippen LogP contribution in [0, 0.1) is 11.6 Å². The number of ether oxygens (including phenoxy) is 4. The summed E-state index contributed by atoms with van der Waals surface area (Å²) in [7, 11) is 0. The largest absolute Gasteiger partial charge is 0.459 e. The van der Waals surface area contributed by atoms with Crippen LogP contribution in [0.3, 0.4) is 0 Å². The van der Waals surface area contributed by atoms with E-state index in [-0.39, 0.29) is 45.1 Å². The maximum Gasteiger partial charge on any atom is 0.338 e. The van der Waals surface area contributed by atoms with E-state index in [1.165, 1.54) is 19.9 Å². The van der Waals surface area contributed by atoms with Gasteiger partial charge in [-0.3, -0.25) is 0 Å². The van der Waals surface area contributed by atoms with E-state index >= 15 is 8.78 Å². The van der Waals surface area contributed by atoms with Crippen molar-refractivity contribution in [3.63, 3.8) is 0 Å². The Morgan fingerprint density at radius 1 is 0.625 bits per heavy atom. The van der Waals surface area contributed by atoms with E-state index in [0.717, 1.165) is 0 Å². The van der Waals surface area contributed by atoms with Gasteiger partial charge in [0.05, 0.1) is 0 Å². The van der Waals surface area contributed by atoms with Gasteiger partial charge in [0.15, 0.2) is 11.6 Å². The standard InChI is InChI=1S/C32H30F2O6/c1-17(2)31(35)39-21(7)19(5)37-25-12-9-23(10-13-25)27-15-24-11-14-26(16-28(24)30(34)29(27)33)38-20(6)22(8)40-32(36)18(3)4/h9-16H,1,3H2,2,4-8H3. The molecule has 0 N–H and O–H groups in total. The number of fused-ring (bicyclic) bond motifs is 1. The van der Waals surface area contributed by atoms with Crippen LogP contribution in [0.5, 0.6) is 11.5 Å². The Hall–Kier alpha value is -4.72. The van der Waals surface area contributed by atoms with Crippen LogP contribution >= 0.6 is 0 Å². The number of benzene rings is 3. The Balaban J connectivity index is 1.84. The minimum atomic E-state index is -1.03. The van der Waals surface area contributed by atoms with Crippen LogP contribution in [0.1, 0.15) is 41.5 Å². The summed E-state index contributed by atoms with van der Waals surface area (Å²) in [5.74, 6) is -1.40. The molecule has 208 valence electrons. The van der Waals surface area contributed by atoms with E-state index < -0.39 is 23.6 Å². The second-order valence-electron chi connectivity index (χ2n) is 9.23. The van der Waals surface area contributed by atoms with Gasteiger partial charge in [-0.15, -0.1) is 0 Å². The first kappa shape index (κ1) is 29.8. The van der Waals surface area contributed by atoms with Gasteiger partial charge >= 0.3 is 11.9 Å². The highest BCUT2D eigenvalue weighted by Gasteiger charge is 2.17. The van der Waals surface area contributed by atoms with Gasteiger partial charge in [0.25, 0.3) is 0 Å². The van der Waals surface area contributed by atoms with Gasteiger partial charge in [0, 0.05) is 22.1 Å². The number of hydrogen-bond acceptors (Lipinski definition) is 6. The number of hydrogen-bond donors (Lipinski definition) is 0. The minimum absolute atomic E-state index is 0.0311. The van der Waals surface area contributed by atoms with Crippen LogP contribution in [-0.2, 0) is 19.1 Å². The molecule has 6 nitrogen and oxygen atoms in total. The summed E-state index contributed by atoms with van der Waals surface area (Å²) >= 11 is 0. The molecule has 0 atom stereocenters. The van der Waals surface area contributed by atoms with Gasteiger partial charge in [-0.2, -0.15) is 0 Å². The molecular formula is C32H30F2O6. The van der Waals surface area contributed by atoms with E-state index in [1.54, 1.807) is 70.2 Å². The molecular weight excluding hydrogens is 518 g/mol. The molecule has 0 bridgehead atoms. The minimum Gasteiger partial charge on any atom is -0.459 e. The molecule has 3 aromatic carbocycles. The van der Waals surface area contributed by atoms with E-state index in [2.05, 4.69) is 13.2 Å². The molecule has 0 aromatic heterocycles. The third kappa shape index (κ3) is 7.02. The summed E-state index contributed by atoms with van der Waals surface area (Å²) in [6, 6.07) is 12.5. The zero-order valence-electron chi connectivity index (χ0n) is 23.2. The second kappa shape index (κ2) is 12.4. The van der Waals surface area contributed by atoms with Crippen LogP contribution < -0.4 is 9.47 Å². The summed E-state index contributed by atoms with van der Waals surface area (Å²) in [5, 5.41) is 0.492. The van der Waals surface area contributed by atoms with Crippen molar-refractivity contribution < 1.29 is 37.3 Å². The monoisotopic (exact) mass is 548 g/mol. The van der Waals surface area contributed by atoms with Crippen molar-refractivity contribution in [2.45, 2.75) is 41.5 Å². The third-order valence-electron chi connectivity index (χ3n) is 5.88. The van der Waals surface area contributed by atoms with E-state index in [9.17, 15) is 9.59 Å². The molecule has 8 heteroatoms. The second-order valence-corrected chi connectivity index (χ2v) is 9.23. The molecule has 0 saturated heterocycles. The Morgan fingerprint density at radius 2 is 1.10 bits per heavy atom. The van der Waals surface area contributed by atoms with Crippen molar-refractivity contribution in [3.8, 4) is 22.6 Å². The smallest absolute Gasteiger partial charge is 0.338 e. The van der Waals surface area contributed by atoms with Gasteiger partial charge in [-0.05, 0) is 82.8 Å². The van der Waals surface area contributed by atoms with Crippen molar-refractivity contribution in [3.05, 3.63) is 108 Å². The zero-order valence-corrected chi connectivity index (χ0v) is 23.2. The molecule has 0 fully saturated rings. The molecule has 0 aliphatic heterocycles. The van der Waals surface area contributed by atoms with Crippen molar-refractivity contribution in [1.82, 2.24) is 0 Å². The van der Waals surface area contributed by atoms with Gasteiger partial charge in [-0.25, -0.2) is 18.4 Å². The molecule has 0 heterocycles. The number of halogens is 2. The number of rotatable bonds is 9. The summed E-state index contributed by atoms with van der Waals surface area (Å²) < 4.78 is 52.1. The molecule has 40 heavy (non-hydrogen) atoms. The molecule has 3 rings (SSSR count). The van der Waals surface area contributed by atoms with Crippen LogP contribution in [0.4, 0.5) is 8.78 Å². The average Bonchev–Trinajstić information content (AvgIpc) is 2.91. The average molecular weight is 549 g/mol. The van der Waals surface area contributed by atoms with Crippen LogP contribution in [0.2, 0.25) is 0 Å². The predicted octanol–water partition coefficient (Wildman–Crippen LogP) is 8.28. The Bertz CT molecular complexity index is 1580. The Morgan fingerprint density at radius 3 is 1.60 bits per heavy atom. The fourth-order valence-electron chi connectivity index (χ4n) is 3.38. The van der Waals surface area contributed by atoms with Crippen LogP contribution in [-0.4, -0.2) is 11.9 Å². The lowest BCUT2D eigenvalue weighted by Gasteiger charge is -2.13. The Kier molecular flexibility index (Phi) is 9.27. The number of allylic oxidation sites excluding steroid dienone is 4. The number of carbonyl (C=O) groups is 2. The van der Waals surface area contributed by atoms with Crippen LogP contribution in [0.25, 0.3) is 21.9 Å². The molecule has 0 unspecified atom stereocenters. The molecule has 3 aromatic rings. The van der Waals surface area contributed by atoms with E-state index in [1.807, 2.05) is 0 Å². The molecule has 0 spiro atoms. The summed E-state index contributed by atoms with van der Waals surface area (Å²) in [6.07, 6.45) is 0. The first-order valence-electron chi connectivity index (χ1n) is 12.3. The summed E-state index contributed by atoms with van der Waals surface area (Å²) in [6.45, 7) is 16.5. The van der Waals surface area contributed by atoms with E-state index in [0.29, 0.717) is 22.5 Å². The molecule has 0 radical (unpaired) electrons. The van der Waals surface area contributed by atoms with E-state index in [4.69, 9.17) is 18.9 Å². The molecule has 0 aliphatic carbocycles. The van der Waals surface area contributed by atoms with Crippen LogP contribution in [0.15, 0.2) is 95.9 Å². The normalized spacial score (nSPS) is 12.2. The summed E-state index contributed by atoms with van der Waals surface area (Å²) in [5.41, 5.74) is 1.00. The topological polar surface area (TPSA) is 71.1 Å². The fourth-order valence-corrected chi connectivity index (χ4v) is 3.38. The predicted molar refractivity (Wildman–Crippen MR) is 149 cm³/mol. The van der Waals surface area contributed by atoms with Crippen molar-refractivity contribution in [2.75, 3.05) is 0 Å². The zero-order chi connectivity index (χ0) is 29.7. The van der Waals surface area contributed by atoms with Crippen molar-refractivity contribution in [1.29, 1.82) is 0 Å². The first-order chi connectivity index (χ1) is 18.8. The third-order valence-corrected chi connectivity index (χ3v) is 5.88. The number of carbonyl (C=O) groups excluding carboxylic acids is 2. The summed E-state index contributed by atoms with van der Waals surface area (Å²) in [4.78, 5) is 23.4. The molecule has 0 amide bonds. The van der Waals surface area contributed by atoms with Gasteiger partial charge in [-0.1, -0.05) is 31.4 Å². The highest BCUT2D eigenvalue weighted by Crippen LogP contribution is 2.34. The van der Waals surface area contributed by atoms with Gasteiger partial charge < -0.3 is 18.9 Å². The number of esters is 2. The SMILES string of the molecule is C=C(C)C(=O)OC(C)=C(C)Oc1ccc(-c2cc3ccc(OC(C)=C(C)OC(=O)C(=C)C)cc3c(F)c2F)cc1. The highest BCUT2D eigenvalue weighted by molar-refractivity contribution is 5.90. The molecule has 0 aliphatic rings. The quantitative estimate of drug-likeness (QED) is 0.152. The van der Waals surface area contributed by atoms with Gasteiger partial charge in [0.2, 0.25) is 0 Å². The highest BCUT2D eigenvalue weighted by atomic mass is 19.2. The lowest BCUT2D eigenvalue weighted by Crippen LogP contribution is -2.06. The van der Waals surface area contributed by atoms with Crippen molar-refractivity contribution in [2.24, 2.45) is 0 Å². The maximum atomic E-state index is 15.2. The lowest BCUT2D eigenvalue weighted by molar-refractivity contribution is -0.136. The lowest BCUT2D eigenvalue weighted by atomic mass is 9.99. The van der Waals surface area contributed by atoms with Crippen molar-refractivity contribution >= 4 is 22.7 Å². The maximum absolute atomic E-state index is 15.2.